The van der Waals surface area contributed by atoms with Crippen molar-refractivity contribution in [1.29, 1.82) is 0 Å². The van der Waals surface area contributed by atoms with Gasteiger partial charge in [0.2, 0.25) is 0 Å². The second-order valence-corrected chi connectivity index (χ2v) is 7.15. The van der Waals surface area contributed by atoms with Crippen LogP contribution in [0.3, 0.4) is 0 Å². The van der Waals surface area contributed by atoms with Crippen LogP contribution in [0.5, 0.6) is 0 Å². The third-order valence-electron chi connectivity index (χ3n) is 3.47. The molecule has 0 unspecified atom stereocenters. The minimum absolute atomic E-state index is 0.104. The minimum Gasteiger partial charge on any atom is -0.480 e. The number of carbonyl (C=O) groups is 3. The Morgan fingerprint density at radius 1 is 1.27 bits per heavy atom. The smallest absolute Gasteiger partial charge is 0.480 e. The average Bonchev–Trinajstić information content (AvgIpc) is 3.25. The minimum atomic E-state index is -5.08. The van der Waals surface area contributed by atoms with Crippen molar-refractivity contribution in [2.24, 2.45) is 13.0 Å². The van der Waals surface area contributed by atoms with Gasteiger partial charge in [0.1, 0.15) is 11.8 Å². The first-order chi connectivity index (χ1) is 13.8. The molecule has 0 aliphatic rings. The monoisotopic (exact) mass is 451 g/mol. The van der Waals surface area contributed by atoms with Gasteiger partial charge in [-0.25, -0.2) is 14.6 Å². The Kier molecular flexibility index (Phi) is 8.95. The molecule has 0 aliphatic heterocycles. The first kappa shape index (κ1) is 25.1. The maximum Gasteiger partial charge on any atom is 0.490 e. The molecule has 1 atom stereocenters. The number of nitrogens with one attached hydrogen (secondary N) is 1. The number of carboxylic acid groups (broad SMARTS) is 2. The summed E-state index contributed by atoms with van der Waals surface area (Å²) < 4.78 is 39.1. The van der Waals surface area contributed by atoms with E-state index < -0.39 is 30.1 Å². The van der Waals surface area contributed by atoms with E-state index in [4.69, 9.17) is 19.4 Å². The van der Waals surface area contributed by atoms with Gasteiger partial charge < -0.3 is 24.5 Å². The van der Waals surface area contributed by atoms with Gasteiger partial charge in [-0.15, -0.1) is 0 Å². The van der Waals surface area contributed by atoms with Crippen molar-refractivity contribution in [3.05, 3.63) is 36.0 Å². The highest BCUT2D eigenvalue weighted by Gasteiger charge is 2.38. The Bertz CT molecular complexity index is 878. The Morgan fingerprint density at radius 2 is 1.87 bits per heavy atom. The van der Waals surface area contributed by atoms with Crippen molar-refractivity contribution in [2.45, 2.75) is 37.0 Å². The highest BCUT2D eigenvalue weighted by atomic mass is 32.2. The van der Waals surface area contributed by atoms with E-state index in [1.54, 1.807) is 32.2 Å². The van der Waals surface area contributed by atoms with Crippen molar-refractivity contribution >= 4 is 29.6 Å². The van der Waals surface area contributed by atoms with E-state index in [9.17, 15) is 22.8 Å². The van der Waals surface area contributed by atoms with Crippen LogP contribution in [0.25, 0.3) is 0 Å². The zero-order chi connectivity index (χ0) is 23.1. The molecule has 0 aliphatic carbocycles. The fraction of sp³-hybridized carbons (Fsp3) is 0.412. The van der Waals surface area contributed by atoms with E-state index in [0.717, 1.165) is 5.16 Å². The SMILES string of the molecule is CC(C)[C@H](NC(=O)c1ccc(CSc2nccn2C)o1)C(=O)O.O=C(O)C(F)(F)F. The number of hydrogen-bond acceptors (Lipinski definition) is 6. The number of aryl methyl sites for hydroxylation is 1. The number of aromatic nitrogens is 2. The zero-order valence-corrected chi connectivity index (χ0v) is 17.0. The Balaban J connectivity index is 0.000000553. The Hall–Kier alpha value is -2.96. The van der Waals surface area contributed by atoms with Gasteiger partial charge in [0.05, 0.1) is 5.75 Å². The van der Waals surface area contributed by atoms with Gasteiger partial charge in [-0.2, -0.15) is 13.2 Å². The molecule has 0 fully saturated rings. The van der Waals surface area contributed by atoms with Crippen molar-refractivity contribution in [1.82, 2.24) is 14.9 Å². The molecule has 0 saturated heterocycles. The molecule has 2 heterocycles. The fourth-order valence-electron chi connectivity index (χ4n) is 1.93. The summed E-state index contributed by atoms with van der Waals surface area (Å²) in [7, 11) is 1.90. The molecule has 3 N–H and O–H groups in total. The number of thioether (sulfide) groups is 1. The molecular weight excluding hydrogens is 431 g/mol. The van der Waals surface area contributed by atoms with E-state index in [1.807, 2.05) is 17.8 Å². The quantitative estimate of drug-likeness (QED) is 0.547. The van der Waals surface area contributed by atoms with E-state index in [2.05, 4.69) is 10.3 Å². The maximum absolute atomic E-state index is 12.1. The highest BCUT2D eigenvalue weighted by molar-refractivity contribution is 7.98. The van der Waals surface area contributed by atoms with E-state index in [1.165, 1.54) is 11.8 Å². The predicted octanol–water partition coefficient (Wildman–Crippen LogP) is 2.78. The predicted molar refractivity (Wildman–Crippen MR) is 98.9 cm³/mol. The molecule has 2 rings (SSSR count). The molecule has 2 aromatic heterocycles. The number of nitrogens with zero attached hydrogens (tertiary/aromatic N) is 2. The largest absolute Gasteiger partial charge is 0.490 e. The lowest BCUT2D eigenvalue weighted by atomic mass is 10.0. The van der Waals surface area contributed by atoms with Gasteiger partial charge in [-0.05, 0) is 18.1 Å². The second kappa shape index (κ2) is 10.7. The average molecular weight is 451 g/mol. The number of rotatable bonds is 7. The van der Waals surface area contributed by atoms with E-state index in [-0.39, 0.29) is 11.7 Å². The maximum atomic E-state index is 12.1. The van der Waals surface area contributed by atoms with Gasteiger partial charge in [-0.3, -0.25) is 4.79 Å². The molecule has 0 bridgehead atoms. The number of alkyl halides is 3. The van der Waals surface area contributed by atoms with Gasteiger partial charge in [0, 0.05) is 19.4 Å². The number of carboxylic acids is 2. The van der Waals surface area contributed by atoms with Crippen LogP contribution in [0.4, 0.5) is 13.2 Å². The standard InChI is InChI=1S/C15H19N3O4S.C2HF3O2/c1-9(2)12(14(20)21)17-13(19)11-5-4-10(22-11)8-23-15-16-6-7-18(15)3;3-2(4,5)1(6)7/h4-7,9,12H,8H2,1-3H3,(H,17,19)(H,20,21);(H,6,7)/t12-;/m0./s1. The van der Waals surface area contributed by atoms with Crippen LogP contribution in [-0.2, 0) is 22.4 Å². The molecule has 0 radical (unpaired) electrons. The summed E-state index contributed by atoms with van der Waals surface area (Å²) >= 11 is 1.49. The third-order valence-corrected chi connectivity index (χ3v) is 4.55. The number of hydrogen-bond donors (Lipinski definition) is 3. The Morgan fingerprint density at radius 3 is 2.30 bits per heavy atom. The lowest BCUT2D eigenvalue weighted by Crippen LogP contribution is -2.44. The molecule has 0 aromatic carbocycles. The number of imidazole rings is 1. The fourth-order valence-corrected chi connectivity index (χ4v) is 2.76. The van der Waals surface area contributed by atoms with Crippen LogP contribution in [0.15, 0.2) is 34.1 Å². The van der Waals surface area contributed by atoms with E-state index in [0.29, 0.717) is 11.5 Å². The molecule has 0 saturated carbocycles. The van der Waals surface area contributed by atoms with Crippen molar-refractivity contribution in [3.8, 4) is 0 Å². The van der Waals surface area contributed by atoms with Crippen LogP contribution in [0.2, 0.25) is 0 Å². The number of halogens is 3. The molecule has 166 valence electrons. The number of amides is 1. The summed E-state index contributed by atoms with van der Waals surface area (Å²) in [5, 5.41) is 19.5. The first-order valence-electron chi connectivity index (χ1n) is 8.35. The first-order valence-corrected chi connectivity index (χ1v) is 9.34. The molecule has 2 aromatic rings. The lowest BCUT2D eigenvalue weighted by Gasteiger charge is -2.16. The summed E-state index contributed by atoms with van der Waals surface area (Å²) in [4.78, 5) is 36.3. The summed E-state index contributed by atoms with van der Waals surface area (Å²) in [6, 6.07) is 2.30. The van der Waals surface area contributed by atoms with Gasteiger partial charge in [0.15, 0.2) is 10.9 Å². The third kappa shape index (κ3) is 7.81. The Labute approximate surface area is 173 Å². The summed E-state index contributed by atoms with van der Waals surface area (Å²) in [5.41, 5.74) is 0. The van der Waals surface area contributed by atoms with Gasteiger partial charge in [-0.1, -0.05) is 25.6 Å². The molecular formula is C17H20F3N3O6S. The van der Waals surface area contributed by atoms with E-state index >= 15 is 0 Å². The lowest BCUT2D eigenvalue weighted by molar-refractivity contribution is -0.192. The highest BCUT2D eigenvalue weighted by Crippen LogP contribution is 2.22. The van der Waals surface area contributed by atoms with Crippen LogP contribution < -0.4 is 5.32 Å². The van der Waals surface area contributed by atoms with Crippen molar-refractivity contribution in [2.75, 3.05) is 0 Å². The van der Waals surface area contributed by atoms with Crippen LogP contribution in [0, 0.1) is 5.92 Å². The van der Waals surface area contributed by atoms with Crippen molar-refractivity contribution < 1.29 is 42.2 Å². The summed E-state index contributed by atoms with van der Waals surface area (Å²) in [5.74, 6) is -3.31. The van der Waals surface area contributed by atoms with Crippen LogP contribution in [-0.4, -0.2) is 49.8 Å². The van der Waals surface area contributed by atoms with Gasteiger partial charge >= 0.3 is 18.1 Å². The molecule has 1 amide bonds. The zero-order valence-electron chi connectivity index (χ0n) is 16.1. The molecule has 9 nitrogen and oxygen atoms in total. The molecule has 0 spiro atoms. The van der Waals surface area contributed by atoms with Crippen molar-refractivity contribution in [3.63, 3.8) is 0 Å². The van der Waals surface area contributed by atoms with Gasteiger partial charge in [0.25, 0.3) is 5.91 Å². The number of carbonyl (C=O) groups excluding carboxylic acids is 1. The van der Waals surface area contributed by atoms with Crippen LogP contribution in [0.1, 0.15) is 30.2 Å². The normalized spacial score (nSPS) is 12.1. The topological polar surface area (TPSA) is 135 Å². The molecule has 30 heavy (non-hydrogen) atoms. The second-order valence-electron chi connectivity index (χ2n) is 6.21. The summed E-state index contributed by atoms with van der Waals surface area (Å²) in [6.07, 6.45) is -1.53. The number of aliphatic carboxylic acids is 2. The van der Waals surface area contributed by atoms with Crippen LogP contribution >= 0.6 is 11.8 Å². The molecule has 13 heteroatoms. The number of furan rings is 1. The summed E-state index contributed by atoms with van der Waals surface area (Å²) in [6.45, 7) is 3.46.